The summed E-state index contributed by atoms with van der Waals surface area (Å²) in [5.41, 5.74) is 4.92. The van der Waals surface area contributed by atoms with Gasteiger partial charge >= 0.3 is 5.69 Å². The van der Waals surface area contributed by atoms with Gasteiger partial charge in [-0.1, -0.05) is 25.5 Å². The summed E-state index contributed by atoms with van der Waals surface area (Å²) in [5.74, 6) is 1.02. The maximum absolute atomic E-state index is 12.8. The third kappa shape index (κ3) is 6.13. The molecule has 9 nitrogen and oxygen atoms in total. The number of H-pyrrole nitrogens is 1. The summed E-state index contributed by atoms with van der Waals surface area (Å²) < 4.78 is 12.6. The molecule has 31 heavy (non-hydrogen) atoms. The molecule has 9 heteroatoms. The number of nitrogen functional groups attached to an aromatic ring is 1. The van der Waals surface area contributed by atoms with E-state index in [1.165, 1.54) is 9.47 Å². The van der Waals surface area contributed by atoms with Gasteiger partial charge in [0.25, 0.3) is 5.56 Å². The molecule has 3 N–H and O–H groups in total. The van der Waals surface area contributed by atoms with Crippen LogP contribution in [0.15, 0.2) is 33.9 Å². The molecule has 1 amide bonds. The summed E-state index contributed by atoms with van der Waals surface area (Å²) in [6, 6.07) is 7.35. The molecule has 0 aliphatic rings. The van der Waals surface area contributed by atoms with E-state index in [4.69, 9.17) is 15.2 Å². The molecular weight excluding hydrogens is 400 g/mol. The molecule has 1 aromatic carbocycles. The fourth-order valence-electron chi connectivity index (χ4n) is 3.22. The minimum atomic E-state index is -0.660. The molecule has 0 aliphatic carbocycles. The monoisotopic (exact) mass is 432 g/mol. The molecule has 0 saturated carbocycles. The van der Waals surface area contributed by atoms with Gasteiger partial charge in [0.2, 0.25) is 5.91 Å². The minimum absolute atomic E-state index is 0.0132. The van der Waals surface area contributed by atoms with Gasteiger partial charge in [0.05, 0.1) is 13.2 Å². The van der Waals surface area contributed by atoms with Crippen LogP contribution >= 0.6 is 0 Å². The van der Waals surface area contributed by atoms with Crippen LogP contribution < -0.4 is 31.4 Å². The van der Waals surface area contributed by atoms with Crippen molar-refractivity contribution in [2.24, 2.45) is 0 Å². The first-order chi connectivity index (χ1) is 14.9. The van der Waals surface area contributed by atoms with Gasteiger partial charge in [-0.25, -0.2) is 4.79 Å². The van der Waals surface area contributed by atoms with Crippen molar-refractivity contribution < 1.29 is 14.3 Å². The number of para-hydroxylation sites is 2. The molecule has 0 aliphatic heterocycles. The number of nitrogens with zero attached hydrogens (tertiary/aromatic N) is 2. The number of anilines is 2. The number of aromatic nitrogens is 2. The molecule has 0 unspecified atom stereocenters. The lowest BCUT2D eigenvalue weighted by Crippen LogP contribution is -2.41. The maximum Gasteiger partial charge on any atom is 0.330 e. The Balaban J connectivity index is 2.07. The molecule has 2 rings (SSSR count). The van der Waals surface area contributed by atoms with Crippen LogP contribution in [0.5, 0.6) is 11.5 Å². The zero-order valence-corrected chi connectivity index (χ0v) is 18.5. The first-order valence-electron chi connectivity index (χ1n) is 10.7. The molecule has 0 radical (unpaired) electrons. The predicted octanol–water partition coefficient (Wildman–Crippen LogP) is 2.53. The molecule has 170 valence electrons. The third-order valence-corrected chi connectivity index (χ3v) is 4.78. The number of benzene rings is 1. The molecule has 0 fully saturated rings. The van der Waals surface area contributed by atoms with Gasteiger partial charge in [0.15, 0.2) is 17.2 Å². The van der Waals surface area contributed by atoms with E-state index in [-0.39, 0.29) is 30.4 Å². The summed E-state index contributed by atoms with van der Waals surface area (Å²) in [5, 5.41) is 0. The molecule has 0 atom stereocenters. The van der Waals surface area contributed by atoms with Crippen molar-refractivity contribution in [3.05, 3.63) is 45.1 Å². The van der Waals surface area contributed by atoms with E-state index in [1.54, 1.807) is 6.92 Å². The smallest absolute Gasteiger partial charge is 0.330 e. The summed E-state index contributed by atoms with van der Waals surface area (Å²) in [4.78, 5) is 41.0. The van der Waals surface area contributed by atoms with Crippen LogP contribution in [0.25, 0.3) is 0 Å². The number of ether oxygens (including phenoxy) is 2. The predicted molar refractivity (Wildman–Crippen MR) is 121 cm³/mol. The van der Waals surface area contributed by atoms with E-state index in [9.17, 15) is 14.4 Å². The second-order valence-corrected chi connectivity index (χ2v) is 6.97. The van der Waals surface area contributed by atoms with E-state index in [0.717, 1.165) is 12.8 Å². The van der Waals surface area contributed by atoms with Crippen molar-refractivity contribution in [2.45, 2.75) is 53.0 Å². The second kappa shape index (κ2) is 11.8. The van der Waals surface area contributed by atoms with Gasteiger partial charge in [0, 0.05) is 19.5 Å². The molecule has 0 spiro atoms. The fourth-order valence-corrected chi connectivity index (χ4v) is 3.22. The van der Waals surface area contributed by atoms with Gasteiger partial charge in [-0.15, -0.1) is 0 Å². The average Bonchev–Trinajstić information content (AvgIpc) is 2.75. The van der Waals surface area contributed by atoms with Gasteiger partial charge < -0.3 is 20.1 Å². The minimum Gasteiger partial charge on any atom is -0.490 e. The average molecular weight is 433 g/mol. The van der Waals surface area contributed by atoms with Crippen LogP contribution in [-0.4, -0.2) is 35.2 Å². The fraction of sp³-hybridized carbons (Fsp3) is 0.500. The lowest BCUT2D eigenvalue weighted by Gasteiger charge is -2.23. The Kier molecular flexibility index (Phi) is 9.17. The van der Waals surface area contributed by atoms with E-state index >= 15 is 0 Å². The van der Waals surface area contributed by atoms with Gasteiger partial charge in [-0.3, -0.25) is 19.1 Å². The molecule has 0 bridgehead atoms. The quantitative estimate of drug-likeness (QED) is 0.497. The van der Waals surface area contributed by atoms with Crippen molar-refractivity contribution >= 4 is 17.4 Å². The Hall–Kier alpha value is -3.23. The van der Waals surface area contributed by atoms with Crippen LogP contribution in [0.3, 0.4) is 0 Å². The normalized spacial score (nSPS) is 10.7. The first-order valence-corrected chi connectivity index (χ1v) is 10.7. The van der Waals surface area contributed by atoms with Crippen molar-refractivity contribution in [1.82, 2.24) is 9.55 Å². The number of nitrogens with two attached hydrogens (primary N) is 1. The number of hydrogen-bond acceptors (Lipinski definition) is 6. The van der Waals surface area contributed by atoms with Crippen LogP contribution in [0.1, 0.15) is 46.5 Å². The summed E-state index contributed by atoms with van der Waals surface area (Å²) in [7, 11) is 0. The van der Waals surface area contributed by atoms with E-state index in [1.807, 2.05) is 38.1 Å². The zero-order valence-electron chi connectivity index (χ0n) is 18.5. The zero-order chi connectivity index (χ0) is 22.8. The molecule has 2 aromatic rings. The Morgan fingerprint density at radius 1 is 1.10 bits per heavy atom. The Bertz CT molecular complexity index is 983. The standard InChI is InChI=1S/C22H32N4O5/c1-4-7-14-26-20(23)19(21(28)24-22(26)29)25(5-2)18(27)13-10-15-31-17-12-9-8-11-16(17)30-6-3/h8-9,11-12H,4-7,10,13-15,23H2,1-3H3,(H,24,28,29). The topological polar surface area (TPSA) is 120 Å². The highest BCUT2D eigenvalue weighted by molar-refractivity contribution is 5.95. The number of carbonyl (C=O) groups is 1. The van der Waals surface area contributed by atoms with E-state index in [0.29, 0.717) is 37.7 Å². The molecular formula is C22H32N4O5. The Morgan fingerprint density at radius 2 is 1.77 bits per heavy atom. The van der Waals surface area contributed by atoms with Crippen molar-refractivity contribution in [3.8, 4) is 11.5 Å². The van der Waals surface area contributed by atoms with E-state index < -0.39 is 11.2 Å². The summed E-state index contributed by atoms with van der Waals surface area (Å²) >= 11 is 0. The third-order valence-electron chi connectivity index (χ3n) is 4.78. The highest BCUT2D eigenvalue weighted by Crippen LogP contribution is 2.26. The highest BCUT2D eigenvalue weighted by atomic mass is 16.5. The number of carbonyl (C=O) groups excluding carboxylic acids is 1. The Labute approximate surface area is 181 Å². The first kappa shape index (κ1) is 24.0. The van der Waals surface area contributed by atoms with Crippen molar-refractivity contribution in [1.29, 1.82) is 0 Å². The molecule has 1 heterocycles. The summed E-state index contributed by atoms with van der Waals surface area (Å²) in [6.45, 7) is 7.12. The SMILES string of the molecule is CCCCn1c(N)c(N(CC)C(=O)CCCOc2ccccc2OCC)c(=O)[nH]c1=O. The van der Waals surface area contributed by atoms with Gasteiger partial charge in [0.1, 0.15) is 5.82 Å². The highest BCUT2D eigenvalue weighted by Gasteiger charge is 2.22. The van der Waals surface area contributed by atoms with Crippen LogP contribution in [-0.2, 0) is 11.3 Å². The lowest BCUT2D eigenvalue weighted by atomic mass is 10.2. The number of rotatable bonds is 12. The molecule has 1 aromatic heterocycles. The number of aromatic amines is 1. The van der Waals surface area contributed by atoms with Gasteiger partial charge in [-0.05, 0) is 38.8 Å². The number of hydrogen-bond donors (Lipinski definition) is 2. The van der Waals surface area contributed by atoms with Crippen LogP contribution in [0.2, 0.25) is 0 Å². The number of nitrogens with one attached hydrogen (secondary N) is 1. The largest absolute Gasteiger partial charge is 0.490 e. The lowest BCUT2D eigenvalue weighted by molar-refractivity contribution is -0.118. The van der Waals surface area contributed by atoms with Crippen LogP contribution in [0.4, 0.5) is 11.5 Å². The van der Waals surface area contributed by atoms with Crippen molar-refractivity contribution in [3.63, 3.8) is 0 Å². The maximum atomic E-state index is 12.8. The van der Waals surface area contributed by atoms with Crippen LogP contribution in [0, 0.1) is 0 Å². The van der Waals surface area contributed by atoms with Crippen molar-refractivity contribution in [2.75, 3.05) is 30.4 Å². The van der Waals surface area contributed by atoms with Gasteiger partial charge in [-0.2, -0.15) is 0 Å². The summed E-state index contributed by atoms with van der Waals surface area (Å²) in [6.07, 6.45) is 2.21. The Morgan fingerprint density at radius 3 is 2.39 bits per heavy atom. The molecule has 0 saturated heterocycles. The number of amides is 1. The number of unbranched alkanes of at least 4 members (excludes halogenated alkanes) is 1. The van der Waals surface area contributed by atoms with E-state index in [2.05, 4.69) is 4.98 Å². The second-order valence-electron chi connectivity index (χ2n) is 6.97.